The van der Waals surface area contributed by atoms with Gasteiger partial charge in [-0.15, -0.1) is 0 Å². The van der Waals surface area contributed by atoms with Crippen molar-refractivity contribution in [3.8, 4) is 0 Å². The summed E-state index contributed by atoms with van der Waals surface area (Å²) in [5.41, 5.74) is 1.65. The summed E-state index contributed by atoms with van der Waals surface area (Å²) >= 11 is 0. The van der Waals surface area contributed by atoms with Crippen LogP contribution in [0.25, 0.3) is 10.9 Å². The third-order valence-electron chi connectivity index (χ3n) is 4.94. The molecule has 0 saturated carbocycles. The summed E-state index contributed by atoms with van der Waals surface area (Å²) in [6.45, 7) is -0.102. The van der Waals surface area contributed by atoms with Gasteiger partial charge >= 0.3 is 0 Å². The molecule has 1 N–H and O–H groups in total. The summed E-state index contributed by atoms with van der Waals surface area (Å²) in [4.78, 5) is 16.9. The van der Waals surface area contributed by atoms with Crippen LogP contribution in [0.1, 0.15) is 17.2 Å². The van der Waals surface area contributed by atoms with Gasteiger partial charge in [-0.3, -0.25) is 9.36 Å². The van der Waals surface area contributed by atoms with Gasteiger partial charge in [0.05, 0.1) is 36.5 Å². The highest BCUT2D eigenvalue weighted by Crippen LogP contribution is 2.27. The highest BCUT2D eigenvalue weighted by Gasteiger charge is 2.18. The van der Waals surface area contributed by atoms with Crippen LogP contribution in [0.15, 0.2) is 83.9 Å². The fraction of sp³-hybridized carbons (Fsp3) is 0.167. The van der Waals surface area contributed by atoms with Crippen LogP contribution in [0.3, 0.4) is 0 Å². The zero-order chi connectivity index (χ0) is 21.8. The second-order valence-corrected chi connectivity index (χ2v) is 7.19. The lowest BCUT2D eigenvalue weighted by Crippen LogP contribution is -2.30. The van der Waals surface area contributed by atoms with Gasteiger partial charge in [0, 0.05) is 0 Å². The molecule has 4 rings (SSSR count). The second kappa shape index (κ2) is 9.16. The molecule has 0 amide bonds. The number of benzene rings is 3. The Labute approximate surface area is 177 Å². The molecule has 0 aliphatic carbocycles. The van der Waals surface area contributed by atoms with Gasteiger partial charge in [-0.05, 0) is 47.5 Å². The zero-order valence-corrected chi connectivity index (χ0v) is 16.5. The monoisotopic (exact) mass is 422 g/mol. The summed E-state index contributed by atoms with van der Waals surface area (Å²) in [6, 6.07) is 18.5. The Balaban J connectivity index is 1.51. The number of aliphatic hydroxyl groups is 1. The van der Waals surface area contributed by atoms with Crippen LogP contribution in [-0.2, 0) is 11.3 Å². The molecule has 1 atom stereocenters. The van der Waals surface area contributed by atoms with Crippen LogP contribution < -0.4 is 5.56 Å². The third-order valence-corrected chi connectivity index (χ3v) is 4.94. The lowest BCUT2D eigenvalue weighted by molar-refractivity contribution is -0.00103. The van der Waals surface area contributed by atoms with E-state index in [1.54, 1.807) is 48.5 Å². The smallest absolute Gasteiger partial charge is 0.261 e. The van der Waals surface area contributed by atoms with Crippen LogP contribution in [-0.4, -0.2) is 27.4 Å². The molecule has 4 aromatic rings. The first kappa shape index (κ1) is 20.8. The van der Waals surface area contributed by atoms with Crippen LogP contribution in [0.2, 0.25) is 0 Å². The van der Waals surface area contributed by atoms with Gasteiger partial charge in [-0.25, -0.2) is 13.8 Å². The number of nitrogens with zero attached hydrogens (tertiary/aromatic N) is 2. The number of aromatic nitrogens is 2. The standard InChI is InChI=1S/C24H20F2N2O3/c25-18-9-5-16(6-10-18)23(17-7-11-19(26)12-8-17)31-14-20(29)13-28-15-27-22-4-2-1-3-21(22)24(28)30/h1-12,15,20,23,29H,13-14H2. The van der Waals surface area contributed by atoms with Gasteiger partial charge < -0.3 is 9.84 Å². The van der Waals surface area contributed by atoms with Crippen molar-refractivity contribution in [1.29, 1.82) is 0 Å². The predicted octanol–water partition coefficient (Wildman–Crippen LogP) is 3.84. The highest BCUT2D eigenvalue weighted by molar-refractivity contribution is 5.76. The van der Waals surface area contributed by atoms with Crippen molar-refractivity contribution in [2.75, 3.05) is 6.61 Å². The van der Waals surface area contributed by atoms with E-state index in [1.807, 2.05) is 0 Å². The SMILES string of the molecule is O=c1c2ccccc2ncn1CC(O)COC(c1ccc(F)cc1)c1ccc(F)cc1. The molecule has 1 heterocycles. The van der Waals surface area contributed by atoms with Crippen LogP contribution in [0.5, 0.6) is 0 Å². The molecule has 0 aliphatic heterocycles. The van der Waals surface area contributed by atoms with Crippen molar-refractivity contribution in [2.45, 2.75) is 18.8 Å². The molecule has 0 aliphatic rings. The molecule has 0 spiro atoms. The van der Waals surface area contributed by atoms with Gasteiger partial charge in [0.25, 0.3) is 5.56 Å². The lowest BCUT2D eigenvalue weighted by Gasteiger charge is -2.21. The molecule has 0 saturated heterocycles. The van der Waals surface area contributed by atoms with E-state index >= 15 is 0 Å². The molecule has 0 radical (unpaired) electrons. The van der Waals surface area contributed by atoms with Crippen molar-refractivity contribution < 1.29 is 18.6 Å². The molecule has 1 aromatic heterocycles. The van der Waals surface area contributed by atoms with Gasteiger partial charge in [0.1, 0.15) is 17.7 Å². The van der Waals surface area contributed by atoms with Crippen LogP contribution in [0, 0.1) is 11.6 Å². The number of rotatable bonds is 7. The average Bonchev–Trinajstić information content (AvgIpc) is 2.78. The Morgan fingerprint density at radius 3 is 2.10 bits per heavy atom. The average molecular weight is 422 g/mol. The third kappa shape index (κ3) is 4.84. The fourth-order valence-electron chi connectivity index (χ4n) is 3.38. The Morgan fingerprint density at radius 1 is 0.903 bits per heavy atom. The lowest BCUT2D eigenvalue weighted by atomic mass is 10.0. The first-order chi connectivity index (χ1) is 15.0. The minimum absolute atomic E-state index is 0.00375. The number of aliphatic hydroxyl groups excluding tert-OH is 1. The van der Waals surface area contributed by atoms with Gasteiger partial charge in [0.2, 0.25) is 0 Å². The Bertz CT molecular complexity index is 1180. The normalized spacial score (nSPS) is 12.4. The van der Waals surface area contributed by atoms with Gasteiger partial charge in [-0.1, -0.05) is 36.4 Å². The van der Waals surface area contributed by atoms with Crippen LogP contribution in [0.4, 0.5) is 8.78 Å². The molecule has 3 aromatic carbocycles. The van der Waals surface area contributed by atoms with Crippen molar-refractivity contribution in [1.82, 2.24) is 9.55 Å². The van der Waals surface area contributed by atoms with Gasteiger partial charge in [-0.2, -0.15) is 0 Å². The summed E-state index contributed by atoms with van der Waals surface area (Å²) in [7, 11) is 0. The minimum Gasteiger partial charge on any atom is -0.389 e. The molecule has 5 nitrogen and oxygen atoms in total. The number of hydrogen-bond acceptors (Lipinski definition) is 4. The summed E-state index contributed by atoms with van der Waals surface area (Å²) < 4.78 is 33.9. The molecule has 0 bridgehead atoms. The second-order valence-electron chi connectivity index (χ2n) is 7.19. The topological polar surface area (TPSA) is 64.4 Å². The molecule has 7 heteroatoms. The van der Waals surface area contributed by atoms with E-state index in [-0.39, 0.29) is 30.3 Å². The number of para-hydroxylation sites is 1. The van der Waals surface area contributed by atoms with Crippen molar-refractivity contribution in [2.24, 2.45) is 0 Å². The first-order valence-corrected chi connectivity index (χ1v) is 9.76. The van der Waals surface area contributed by atoms with Crippen molar-refractivity contribution in [3.05, 3.63) is 112 Å². The zero-order valence-electron chi connectivity index (χ0n) is 16.5. The Hall–Kier alpha value is -3.42. The summed E-state index contributed by atoms with van der Waals surface area (Å²) in [5, 5.41) is 11.0. The summed E-state index contributed by atoms with van der Waals surface area (Å²) in [6.07, 6.45) is -0.239. The van der Waals surface area contributed by atoms with E-state index in [2.05, 4.69) is 4.98 Å². The van der Waals surface area contributed by atoms with E-state index in [4.69, 9.17) is 4.74 Å². The number of ether oxygens (including phenoxy) is 1. The molecule has 31 heavy (non-hydrogen) atoms. The fourth-order valence-corrected chi connectivity index (χ4v) is 3.38. The number of halogens is 2. The number of hydrogen-bond donors (Lipinski definition) is 1. The van der Waals surface area contributed by atoms with Crippen LogP contribution >= 0.6 is 0 Å². The van der Waals surface area contributed by atoms with E-state index in [0.717, 1.165) is 0 Å². The highest BCUT2D eigenvalue weighted by atomic mass is 19.1. The number of fused-ring (bicyclic) bond motifs is 1. The summed E-state index contributed by atoms with van der Waals surface area (Å²) in [5.74, 6) is -0.769. The van der Waals surface area contributed by atoms with E-state index in [1.165, 1.54) is 35.2 Å². The largest absolute Gasteiger partial charge is 0.389 e. The molecular formula is C24H20F2N2O3. The molecule has 1 unspecified atom stereocenters. The maximum Gasteiger partial charge on any atom is 0.261 e. The van der Waals surface area contributed by atoms with E-state index < -0.39 is 12.2 Å². The quantitative estimate of drug-likeness (QED) is 0.492. The predicted molar refractivity (Wildman–Crippen MR) is 113 cm³/mol. The van der Waals surface area contributed by atoms with Crippen molar-refractivity contribution >= 4 is 10.9 Å². The molecular weight excluding hydrogens is 402 g/mol. The van der Waals surface area contributed by atoms with Gasteiger partial charge in [0.15, 0.2) is 0 Å². The van der Waals surface area contributed by atoms with E-state index in [0.29, 0.717) is 22.0 Å². The van der Waals surface area contributed by atoms with E-state index in [9.17, 15) is 18.7 Å². The maximum absolute atomic E-state index is 13.3. The molecule has 158 valence electrons. The molecule has 0 fully saturated rings. The Morgan fingerprint density at radius 2 is 1.48 bits per heavy atom. The first-order valence-electron chi connectivity index (χ1n) is 9.76. The maximum atomic E-state index is 13.3. The van der Waals surface area contributed by atoms with Crippen molar-refractivity contribution in [3.63, 3.8) is 0 Å². The Kier molecular flexibility index (Phi) is 6.16. The minimum atomic E-state index is -0.996.